The van der Waals surface area contributed by atoms with Crippen LogP contribution in [-0.2, 0) is 14.3 Å². The van der Waals surface area contributed by atoms with Crippen molar-refractivity contribution in [3.8, 4) is 0 Å². The van der Waals surface area contributed by atoms with Crippen molar-refractivity contribution in [2.45, 2.75) is 25.3 Å². The highest BCUT2D eigenvalue weighted by Gasteiger charge is 2.19. The molecule has 0 bridgehead atoms. The van der Waals surface area contributed by atoms with Crippen LogP contribution in [0.5, 0.6) is 0 Å². The molecule has 9 heteroatoms. The molecule has 94 valence electrons. The molecular formula is C9H12B2N2O5. The van der Waals surface area contributed by atoms with Crippen molar-refractivity contribution in [3.05, 3.63) is 0 Å². The summed E-state index contributed by atoms with van der Waals surface area (Å²) in [7, 11) is 10.8. The second kappa shape index (κ2) is 8.32. The molecule has 3 amide bonds. The van der Waals surface area contributed by atoms with Crippen LogP contribution in [0.1, 0.15) is 19.3 Å². The van der Waals surface area contributed by atoms with Crippen molar-refractivity contribution in [1.29, 1.82) is 0 Å². The second-order valence-electron chi connectivity index (χ2n) is 3.39. The molecule has 0 aliphatic rings. The zero-order valence-electron chi connectivity index (χ0n) is 9.89. The van der Waals surface area contributed by atoms with Gasteiger partial charge in [-0.2, -0.15) is 0 Å². The summed E-state index contributed by atoms with van der Waals surface area (Å²) in [5, 5.41) is 4.06. The Bertz CT molecular complexity index is 348. The van der Waals surface area contributed by atoms with Crippen molar-refractivity contribution < 1.29 is 23.9 Å². The number of carbonyl (C=O) groups excluding carboxylic acids is 4. The zero-order valence-corrected chi connectivity index (χ0v) is 9.89. The van der Waals surface area contributed by atoms with Crippen LogP contribution < -0.4 is 10.6 Å². The van der Waals surface area contributed by atoms with Gasteiger partial charge in [0.2, 0.25) is 21.6 Å². The number of hydrogen-bond donors (Lipinski definition) is 2. The zero-order chi connectivity index (χ0) is 14.1. The highest BCUT2D eigenvalue weighted by atomic mass is 16.5. The van der Waals surface area contributed by atoms with Crippen LogP contribution in [0.3, 0.4) is 0 Å². The predicted octanol–water partition coefficient (Wildman–Crippen LogP) is -1.02. The number of amides is 3. The summed E-state index contributed by atoms with van der Waals surface area (Å²) in [5.41, 5.74) is 0. The van der Waals surface area contributed by atoms with Crippen LogP contribution >= 0.6 is 0 Å². The van der Waals surface area contributed by atoms with Gasteiger partial charge >= 0.3 is 5.97 Å². The molecule has 0 unspecified atom stereocenters. The summed E-state index contributed by atoms with van der Waals surface area (Å²) in [6, 6.07) is -0.922. The van der Waals surface area contributed by atoms with Crippen LogP contribution in [-0.4, -0.2) is 52.3 Å². The van der Waals surface area contributed by atoms with E-state index in [4.69, 9.17) is 15.7 Å². The molecular weight excluding hydrogens is 238 g/mol. The highest BCUT2D eigenvalue weighted by Crippen LogP contribution is 2.03. The lowest BCUT2D eigenvalue weighted by molar-refractivity contribution is -0.143. The normalized spacial score (nSPS) is 11.2. The van der Waals surface area contributed by atoms with Crippen LogP contribution in [0.25, 0.3) is 0 Å². The fourth-order valence-corrected chi connectivity index (χ4v) is 1.23. The number of imide groups is 1. The van der Waals surface area contributed by atoms with Gasteiger partial charge in [0.25, 0.3) is 0 Å². The molecule has 0 saturated carbocycles. The molecule has 7 nitrogen and oxygen atoms in total. The summed E-state index contributed by atoms with van der Waals surface area (Å²) in [6.45, 7) is 0. The maximum absolute atomic E-state index is 11.2. The molecule has 0 aromatic rings. The standard InChI is InChI=1S/C9H12B2N2O5/c1-18-7(15)5(12-8(10)16)3-2-4-6(14)13-9(11)17/h5H,2-4H2,1H3,(H,12,16)(H,13,14,17)/t5-/m0/s1. The number of methoxy groups -OCH3 is 1. The predicted molar refractivity (Wildman–Crippen MR) is 63.2 cm³/mol. The molecule has 0 rings (SSSR count). The minimum atomic E-state index is -0.945. The first-order valence-corrected chi connectivity index (χ1v) is 5.10. The smallest absolute Gasteiger partial charge is 0.328 e. The molecule has 0 heterocycles. The van der Waals surface area contributed by atoms with Crippen LogP contribution in [0.4, 0.5) is 9.59 Å². The fraction of sp³-hybridized carbons (Fsp3) is 0.556. The van der Waals surface area contributed by atoms with E-state index in [-0.39, 0.29) is 19.3 Å². The van der Waals surface area contributed by atoms with Crippen LogP contribution in [0, 0.1) is 0 Å². The Labute approximate surface area is 107 Å². The third-order valence-electron chi connectivity index (χ3n) is 1.96. The number of nitrogens with one attached hydrogen (secondary N) is 2. The van der Waals surface area contributed by atoms with E-state index in [0.717, 1.165) is 7.11 Å². The molecule has 2 N–H and O–H groups in total. The Morgan fingerprint density at radius 1 is 1.17 bits per heavy atom. The third kappa shape index (κ3) is 7.48. The van der Waals surface area contributed by atoms with Gasteiger partial charge in [-0.05, 0) is 12.8 Å². The van der Waals surface area contributed by atoms with Gasteiger partial charge < -0.3 is 15.4 Å². The molecule has 0 fully saturated rings. The van der Waals surface area contributed by atoms with Gasteiger partial charge in [0.15, 0.2) is 11.6 Å². The van der Waals surface area contributed by atoms with E-state index < -0.39 is 29.5 Å². The highest BCUT2D eigenvalue weighted by molar-refractivity contribution is 6.58. The fourth-order valence-electron chi connectivity index (χ4n) is 1.23. The Morgan fingerprint density at radius 2 is 1.78 bits per heavy atom. The maximum atomic E-state index is 11.2. The SMILES string of the molecule is [B]C(=O)NC(=O)CCC[C@H](NC([B])=O)C(=O)OC. The molecule has 0 aliphatic carbocycles. The van der Waals surface area contributed by atoms with Gasteiger partial charge in [0, 0.05) is 6.42 Å². The molecule has 0 saturated heterocycles. The Hall–Kier alpha value is -1.79. The maximum Gasteiger partial charge on any atom is 0.328 e. The molecule has 18 heavy (non-hydrogen) atoms. The summed E-state index contributed by atoms with van der Waals surface area (Å²) < 4.78 is 4.45. The van der Waals surface area contributed by atoms with Gasteiger partial charge in [0.1, 0.15) is 6.04 Å². The largest absolute Gasteiger partial charge is 0.467 e. The van der Waals surface area contributed by atoms with E-state index in [2.05, 4.69) is 10.1 Å². The van der Waals surface area contributed by atoms with Crippen LogP contribution in [0.2, 0.25) is 0 Å². The first kappa shape index (κ1) is 16.2. The first-order chi connectivity index (χ1) is 8.36. The molecule has 0 spiro atoms. The lowest BCUT2D eigenvalue weighted by atomic mass is 10.1. The minimum Gasteiger partial charge on any atom is -0.467 e. The minimum absolute atomic E-state index is 0.0170. The van der Waals surface area contributed by atoms with E-state index in [9.17, 15) is 19.2 Å². The van der Waals surface area contributed by atoms with Crippen LogP contribution in [0.15, 0.2) is 0 Å². The molecule has 1 atom stereocenters. The Balaban J connectivity index is 4.11. The second-order valence-corrected chi connectivity index (χ2v) is 3.39. The Kier molecular flexibility index (Phi) is 7.49. The van der Waals surface area contributed by atoms with Gasteiger partial charge in [-0.1, -0.05) is 0 Å². The monoisotopic (exact) mass is 250 g/mol. The number of carbonyl (C=O) groups is 4. The Morgan fingerprint density at radius 3 is 2.22 bits per heavy atom. The van der Waals surface area contributed by atoms with Gasteiger partial charge in [-0.25, -0.2) is 4.79 Å². The first-order valence-electron chi connectivity index (χ1n) is 5.10. The lowest BCUT2D eigenvalue weighted by Gasteiger charge is -2.15. The van der Waals surface area contributed by atoms with E-state index in [1.807, 2.05) is 5.32 Å². The topological polar surface area (TPSA) is 102 Å². The van der Waals surface area contributed by atoms with Gasteiger partial charge in [0.05, 0.1) is 7.11 Å². The number of rotatable bonds is 6. The summed E-state index contributed by atoms with van der Waals surface area (Å²) in [6.07, 6.45) is 0.387. The molecule has 0 aromatic heterocycles. The van der Waals surface area contributed by atoms with Crippen molar-refractivity contribution in [1.82, 2.24) is 10.6 Å². The summed E-state index contributed by atoms with van der Waals surface area (Å²) in [4.78, 5) is 43.3. The van der Waals surface area contributed by atoms with Gasteiger partial charge in [-0.15, -0.1) is 0 Å². The van der Waals surface area contributed by atoms with E-state index in [0.29, 0.717) is 0 Å². The summed E-state index contributed by atoms with van der Waals surface area (Å²) >= 11 is 0. The number of esters is 1. The van der Waals surface area contributed by atoms with Gasteiger partial charge in [-0.3, -0.25) is 14.4 Å². The van der Waals surface area contributed by atoms with Crippen molar-refractivity contribution >= 4 is 39.2 Å². The molecule has 0 aromatic carbocycles. The lowest BCUT2D eigenvalue weighted by Crippen LogP contribution is -2.41. The molecule has 4 radical (unpaired) electrons. The third-order valence-corrected chi connectivity index (χ3v) is 1.96. The van der Waals surface area contributed by atoms with E-state index in [1.54, 1.807) is 0 Å². The number of hydrogen-bond acceptors (Lipinski definition) is 5. The number of ether oxygens (including phenoxy) is 1. The average Bonchev–Trinajstić information content (AvgIpc) is 2.25. The quantitative estimate of drug-likeness (QED) is 0.464. The van der Waals surface area contributed by atoms with Crippen molar-refractivity contribution in [2.24, 2.45) is 0 Å². The van der Waals surface area contributed by atoms with E-state index in [1.165, 1.54) is 0 Å². The average molecular weight is 250 g/mol. The van der Waals surface area contributed by atoms with E-state index >= 15 is 0 Å². The summed E-state index contributed by atoms with van der Waals surface area (Å²) in [5.74, 6) is -3.04. The van der Waals surface area contributed by atoms with Crippen molar-refractivity contribution in [3.63, 3.8) is 0 Å². The molecule has 0 aliphatic heterocycles. The van der Waals surface area contributed by atoms with Crippen molar-refractivity contribution in [2.75, 3.05) is 7.11 Å².